The van der Waals surface area contributed by atoms with Gasteiger partial charge in [-0.15, -0.1) is 0 Å². The highest BCUT2D eigenvalue weighted by molar-refractivity contribution is 7.99. The molecule has 0 bridgehead atoms. The van der Waals surface area contributed by atoms with E-state index in [-0.39, 0.29) is 6.04 Å². The minimum Gasteiger partial charge on any atom is -0.315 e. The fourth-order valence-electron chi connectivity index (χ4n) is 2.50. The minimum absolute atomic E-state index is 0.133. The summed E-state index contributed by atoms with van der Waals surface area (Å²) in [6.07, 6.45) is 0.510. The first-order valence-corrected chi connectivity index (χ1v) is 7.67. The highest BCUT2D eigenvalue weighted by Gasteiger charge is 2.28. The van der Waals surface area contributed by atoms with Gasteiger partial charge in [-0.3, -0.25) is 0 Å². The number of hydrogen-bond acceptors (Lipinski definition) is 3. The van der Waals surface area contributed by atoms with E-state index in [9.17, 15) is 8.78 Å². The molecule has 0 radical (unpaired) electrons. The van der Waals surface area contributed by atoms with Crippen molar-refractivity contribution in [3.63, 3.8) is 0 Å². The predicted molar refractivity (Wildman–Crippen MR) is 76.7 cm³/mol. The lowest BCUT2D eigenvalue weighted by Gasteiger charge is -2.37. The van der Waals surface area contributed by atoms with E-state index in [4.69, 9.17) is 0 Å². The summed E-state index contributed by atoms with van der Waals surface area (Å²) in [7, 11) is 3.98. The SMILES string of the molecule is CNC(Cc1cccc(F)c1F)C1CSCCN1C. The maximum atomic E-state index is 13.7. The van der Waals surface area contributed by atoms with Gasteiger partial charge in [-0.2, -0.15) is 11.8 Å². The quantitative estimate of drug-likeness (QED) is 0.913. The van der Waals surface area contributed by atoms with Crippen molar-refractivity contribution in [2.45, 2.75) is 18.5 Å². The highest BCUT2D eigenvalue weighted by atomic mass is 32.2. The van der Waals surface area contributed by atoms with Crippen LogP contribution in [0.2, 0.25) is 0 Å². The van der Waals surface area contributed by atoms with Crippen molar-refractivity contribution in [1.82, 2.24) is 10.2 Å². The Hall–Kier alpha value is -0.650. The molecule has 19 heavy (non-hydrogen) atoms. The Morgan fingerprint density at radius 1 is 1.47 bits per heavy atom. The highest BCUT2D eigenvalue weighted by Crippen LogP contribution is 2.21. The van der Waals surface area contributed by atoms with E-state index in [0.717, 1.165) is 24.1 Å². The van der Waals surface area contributed by atoms with Crippen LogP contribution in [0.3, 0.4) is 0 Å². The normalized spacial score (nSPS) is 22.4. The van der Waals surface area contributed by atoms with Gasteiger partial charge < -0.3 is 10.2 Å². The number of benzene rings is 1. The van der Waals surface area contributed by atoms with E-state index < -0.39 is 11.6 Å². The number of halogens is 2. The van der Waals surface area contributed by atoms with Crippen LogP contribution in [0.25, 0.3) is 0 Å². The maximum absolute atomic E-state index is 13.7. The first-order chi connectivity index (χ1) is 9.13. The summed E-state index contributed by atoms with van der Waals surface area (Å²) in [5.74, 6) is 0.684. The van der Waals surface area contributed by atoms with Gasteiger partial charge in [0.1, 0.15) is 0 Å². The van der Waals surface area contributed by atoms with Crippen molar-refractivity contribution in [3.05, 3.63) is 35.4 Å². The van der Waals surface area contributed by atoms with Crippen LogP contribution >= 0.6 is 11.8 Å². The first-order valence-electron chi connectivity index (χ1n) is 6.51. The van der Waals surface area contributed by atoms with Gasteiger partial charge in [-0.05, 0) is 32.1 Å². The van der Waals surface area contributed by atoms with E-state index in [0.29, 0.717) is 18.0 Å². The Balaban J connectivity index is 2.12. The third-order valence-corrected chi connectivity index (χ3v) is 4.80. The molecule has 1 fully saturated rings. The molecule has 2 atom stereocenters. The van der Waals surface area contributed by atoms with Crippen molar-refractivity contribution in [3.8, 4) is 0 Å². The van der Waals surface area contributed by atoms with Crippen LogP contribution in [0.4, 0.5) is 8.78 Å². The zero-order valence-corrected chi connectivity index (χ0v) is 12.1. The number of nitrogens with zero attached hydrogens (tertiary/aromatic N) is 1. The predicted octanol–water partition coefficient (Wildman–Crippen LogP) is 2.14. The molecule has 2 rings (SSSR count). The molecule has 2 unspecified atom stereocenters. The van der Waals surface area contributed by atoms with E-state index in [1.54, 1.807) is 12.1 Å². The molecule has 106 valence electrons. The summed E-state index contributed by atoms with van der Waals surface area (Å²) in [6, 6.07) is 4.88. The summed E-state index contributed by atoms with van der Waals surface area (Å²) < 4.78 is 27.0. The molecular weight excluding hydrogens is 266 g/mol. The molecule has 0 amide bonds. The zero-order valence-electron chi connectivity index (χ0n) is 11.3. The standard InChI is InChI=1S/C14H20F2N2S/c1-17-12(13-9-19-7-6-18(13)2)8-10-4-3-5-11(15)14(10)16/h3-5,12-13,17H,6-9H2,1-2H3. The smallest absolute Gasteiger partial charge is 0.162 e. The maximum Gasteiger partial charge on any atom is 0.162 e. The van der Waals surface area contributed by atoms with E-state index >= 15 is 0 Å². The Morgan fingerprint density at radius 2 is 2.26 bits per heavy atom. The van der Waals surface area contributed by atoms with Crippen molar-refractivity contribution in [1.29, 1.82) is 0 Å². The lowest BCUT2D eigenvalue weighted by Crippen LogP contribution is -2.52. The van der Waals surface area contributed by atoms with Crippen LogP contribution in [0, 0.1) is 11.6 Å². The summed E-state index contributed by atoms with van der Waals surface area (Å²) in [5, 5.41) is 3.25. The average molecular weight is 286 g/mol. The van der Waals surface area contributed by atoms with Gasteiger partial charge in [0.15, 0.2) is 11.6 Å². The molecule has 5 heteroatoms. The number of rotatable bonds is 4. The minimum atomic E-state index is -0.765. The Kier molecular flexibility index (Phi) is 5.19. The molecule has 0 saturated carbocycles. The van der Waals surface area contributed by atoms with Crippen LogP contribution in [0.5, 0.6) is 0 Å². The van der Waals surface area contributed by atoms with Gasteiger partial charge in [-0.25, -0.2) is 8.78 Å². The number of hydrogen-bond donors (Lipinski definition) is 1. The lowest BCUT2D eigenvalue weighted by atomic mass is 9.99. The molecule has 1 aromatic carbocycles. The fraction of sp³-hybridized carbons (Fsp3) is 0.571. The second-order valence-corrected chi connectivity index (χ2v) is 6.08. The first kappa shape index (κ1) is 14.8. The molecule has 1 aromatic rings. The largest absolute Gasteiger partial charge is 0.315 e. The molecule has 1 N–H and O–H groups in total. The van der Waals surface area contributed by atoms with Crippen molar-refractivity contribution in [2.24, 2.45) is 0 Å². The fourth-order valence-corrected chi connectivity index (χ4v) is 3.81. The van der Waals surface area contributed by atoms with Gasteiger partial charge >= 0.3 is 0 Å². The molecule has 2 nitrogen and oxygen atoms in total. The molecule has 0 aliphatic carbocycles. The third kappa shape index (κ3) is 3.46. The summed E-state index contributed by atoms with van der Waals surface area (Å²) in [6.45, 7) is 1.04. The van der Waals surface area contributed by atoms with E-state index in [1.165, 1.54) is 0 Å². The molecule has 1 aliphatic heterocycles. The van der Waals surface area contributed by atoms with Crippen LogP contribution in [0.1, 0.15) is 5.56 Å². The van der Waals surface area contributed by atoms with E-state index in [2.05, 4.69) is 17.3 Å². The molecule has 1 aliphatic rings. The van der Waals surface area contributed by atoms with Crippen LogP contribution in [-0.2, 0) is 6.42 Å². The van der Waals surface area contributed by atoms with E-state index in [1.807, 2.05) is 18.8 Å². The lowest BCUT2D eigenvalue weighted by molar-refractivity contribution is 0.218. The zero-order chi connectivity index (χ0) is 13.8. The topological polar surface area (TPSA) is 15.3 Å². The summed E-state index contributed by atoms with van der Waals surface area (Å²) >= 11 is 1.92. The van der Waals surface area contributed by atoms with Gasteiger partial charge in [0.2, 0.25) is 0 Å². The van der Waals surface area contributed by atoms with Gasteiger partial charge in [-0.1, -0.05) is 12.1 Å². The third-order valence-electron chi connectivity index (χ3n) is 3.75. The van der Waals surface area contributed by atoms with Crippen LogP contribution < -0.4 is 5.32 Å². The molecule has 0 spiro atoms. The monoisotopic (exact) mass is 286 g/mol. The Morgan fingerprint density at radius 3 is 2.95 bits per heavy atom. The summed E-state index contributed by atoms with van der Waals surface area (Å²) in [4.78, 5) is 2.30. The van der Waals surface area contributed by atoms with Crippen molar-refractivity contribution >= 4 is 11.8 Å². The van der Waals surface area contributed by atoms with Crippen molar-refractivity contribution < 1.29 is 8.78 Å². The Bertz CT molecular complexity index is 428. The van der Waals surface area contributed by atoms with Gasteiger partial charge in [0, 0.05) is 30.1 Å². The number of likely N-dealkylation sites (N-methyl/N-ethyl adjacent to an activating group) is 2. The number of nitrogens with one attached hydrogen (secondary N) is 1. The molecular formula is C14H20F2N2S. The Labute approximate surface area is 117 Å². The molecule has 1 saturated heterocycles. The van der Waals surface area contributed by atoms with Crippen LogP contribution in [0.15, 0.2) is 18.2 Å². The second-order valence-electron chi connectivity index (χ2n) is 4.94. The molecule has 1 heterocycles. The van der Waals surface area contributed by atoms with Gasteiger partial charge in [0.25, 0.3) is 0 Å². The average Bonchev–Trinajstić information content (AvgIpc) is 2.41. The van der Waals surface area contributed by atoms with Gasteiger partial charge in [0.05, 0.1) is 0 Å². The van der Waals surface area contributed by atoms with Crippen molar-refractivity contribution in [2.75, 3.05) is 32.1 Å². The number of thioether (sulfide) groups is 1. The molecule has 0 aromatic heterocycles. The summed E-state index contributed by atoms with van der Waals surface area (Å²) in [5.41, 5.74) is 0.448. The second kappa shape index (κ2) is 6.68. The van der Waals surface area contributed by atoms with Crippen LogP contribution in [-0.4, -0.2) is 49.1 Å².